The first kappa shape index (κ1) is 20.0. The molecule has 0 aromatic heterocycles. The van der Waals surface area contributed by atoms with E-state index in [1.54, 1.807) is 0 Å². The highest BCUT2D eigenvalue weighted by Crippen LogP contribution is 2.34. The molecule has 5 aromatic carbocycles. The Morgan fingerprint density at radius 2 is 0.625 bits per heavy atom. The number of rotatable bonds is 4. The van der Waals surface area contributed by atoms with Crippen LogP contribution in [0.5, 0.6) is 0 Å². The maximum atomic E-state index is 2.31. The summed E-state index contributed by atoms with van der Waals surface area (Å²) in [5.41, 5.74) is 12.5. The van der Waals surface area contributed by atoms with Crippen molar-refractivity contribution in [3.63, 3.8) is 0 Å². The molecule has 0 saturated heterocycles. The molecule has 5 rings (SSSR count). The fourth-order valence-electron chi connectivity index (χ4n) is 4.13. The Morgan fingerprint density at radius 1 is 0.281 bits per heavy atom. The molecule has 5 aromatic rings. The molecule has 154 valence electrons. The SMILES string of the molecule is Cc1ccc(-c2cc(-c3ccc(C)cc3)cc(-c3cccc(-c4ccccc4)c3)c2)cc1. The van der Waals surface area contributed by atoms with Crippen LogP contribution in [0.15, 0.2) is 121 Å². The van der Waals surface area contributed by atoms with Crippen LogP contribution in [0.3, 0.4) is 0 Å². The Kier molecular flexibility index (Phi) is 5.44. The van der Waals surface area contributed by atoms with E-state index in [1.165, 1.54) is 55.6 Å². The number of aryl methyl sites for hydroxylation is 2. The minimum atomic E-state index is 1.23. The largest absolute Gasteiger partial charge is 0.0622 e. The second-order valence-corrected chi connectivity index (χ2v) is 8.48. The van der Waals surface area contributed by atoms with Crippen LogP contribution in [0, 0.1) is 13.8 Å². The minimum absolute atomic E-state index is 1.23. The van der Waals surface area contributed by atoms with Gasteiger partial charge in [0, 0.05) is 0 Å². The monoisotopic (exact) mass is 410 g/mol. The number of hydrogen-bond donors (Lipinski definition) is 0. The van der Waals surface area contributed by atoms with Crippen LogP contribution in [0.1, 0.15) is 11.1 Å². The second-order valence-electron chi connectivity index (χ2n) is 8.48. The quantitative estimate of drug-likeness (QED) is 0.277. The van der Waals surface area contributed by atoms with E-state index in [-0.39, 0.29) is 0 Å². The summed E-state index contributed by atoms with van der Waals surface area (Å²) in [5.74, 6) is 0. The molecule has 0 atom stereocenters. The highest BCUT2D eigenvalue weighted by Gasteiger charge is 2.09. The molecule has 0 bridgehead atoms. The van der Waals surface area contributed by atoms with Crippen molar-refractivity contribution >= 4 is 0 Å². The van der Waals surface area contributed by atoms with Crippen LogP contribution in [0.4, 0.5) is 0 Å². The lowest BCUT2D eigenvalue weighted by Crippen LogP contribution is -1.87. The molecule has 0 aliphatic heterocycles. The van der Waals surface area contributed by atoms with Gasteiger partial charge in [-0.15, -0.1) is 0 Å². The highest BCUT2D eigenvalue weighted by atomic mass is 14.1. The van der Waals surface area contributed by atoms with E-state index in [0.29, 0.717) is 0 Å². The minimum Gasteiger partial charge on any atom is -0.0622 e. The molecule has 0 N–H and O–H groups in total. The lowest BCUT2D eigenvalue weighted by atomic mass is 9.92. The molecule has 0 nitrogen and oxygen atoms in total. The first-order chi connectivity index (χ1) is 15.7. The van der Waals surface area contributed by atoms with Gasteiger partial charge in [-0.25, -0.2) is 0 Å². The summed E-state index contributed by atoms with van der Waals surface area (Å²) in [6, 6.07) is 44.0. The van der Waals surface area contributed by atoms with Crippen molar-refractivity contribution in [3.8, 4) is 44.5 Å². The fraction of sp³-hybridized carbons (Fsp3) is 0.0625. The number of benzene rings is 5. The van der Waals surface area contributed by atoms with E-state index in [9.17, 15) is 0 Å². The average molecular weight is 411 g/mol. The van der Waals surface area contributed by atoms with Crippen LogP contribution >= 0.6 is 0 Å². The molecule has 0 spiro atoms. The van der Waals surface area contributed by atoms with Gasteiger partial charge in [-0.3, -0.25) is 0 Å². The van der Waals surface area contributed by atoms with Crippen LogP contribution in [-0.4, -0.2) is 0 Å². The Bertz CT molecular complexity index is 1280. The third kappa shape index (κ3) is 4.26. The van der Waals surface area contributed by atoms with E-state index in [0.717, 1.165) is 0 Å². The first-order valence-electron chi connectivity index (χ1n) is 11.1. The van der Waals surface area contributed by atoms with Gasteiger partial charge in [-0.2, -0.15) is 0 Å². The Morgan fingerprint density at radius 3 is 1.12 bits per heavy atom. The molecular formula is C32H26. The fourth-order valence-corrected chi connectivity index (χ4v) is 4.13. The zero-order chi connectivity index (χ0) is 21.9. The van der Waals surface area contributed by atoms with Gasteiger partial charge < -0.3 is 0 Å². The van der Waals surface area contributed by atoms with Gasteiger partial charge in [0.25, 0.3) is 0 Å². The van der Waals surface area contributed by atoms with E-state index < -0.39 is 0 Å². The summed E-state index contributed by atoms with van der Waals surface area (Å²) >= 11 is 0. The number of hydrogen-bond acceptors (Lipinski definition) is 0. The summed E-state index contributed by atoms with van der Waals surface area (Å²) in [6.45, 7) is 4.26. The van der Waals surface area contributed by atoms with Gasteiger partial charge in [0.15, 0.2) is 0 Å². The predicted octanol–water partition coefficient (Wildman–Crippen LogP) is 8.97. The topological polar surface area (TPSA) is 0 Å². The molecule has 32 heavy (non-hydrogen) atoms. The molecular weight excluding hydrogens is 384 g/mol. The Hall–Kier alpha value is -3.90. The Balaban J connectivity index is 1.66. The molecule has 0 heterocycles. The maximum Gasteiger partial charge on any atom is -0.0171 e. The van der Waals surface area contributed by atoms with E-state index >= 15 is 0 Å². The third-order valence-corrected chi connectivity index (χ3v) is 6.01. The van der Waals surface area contributed by atoms with Gasteiger partial charge in [0.2, 0.25) is 0 Å². The van der Waals surface area contributed by atoms with Crippen LogP contribution < -0.4 is 0 Å². The van der Waals surface area contributed by atoms with Crippen LogP contribution in [0.2, 0.25) is 0 Å². The second kappa shape index (κ2) is 8.69. The molecule has 0 radical (unpaired) electrons. The summed E-state index contributed by atoms with van der Waals surface area (Å²) in [5, 5.41) is 0. The van der Waals surface area contributed by atoms with E-state index in [1.807, 2.05) is 0 Å². The van der Waals surface area contributed by atoms with Crippen molar-refractivity contribution in [2.45, 2.75) is 13.8 Å². The normalized spacial score (nSPS) is 10.8. The lowest BCUT2D eigenvalue weighted by molar-refractivity contribution is 1.46. The molecule has 0 saturated carbocycles. The van der Waals surface area contributed by atoms with E-state index in [4.69, 9.17) is 0 Å². The molecule has 0 amide bonds. The van der Waals surface area contributed by atoms with Crippen LogP contribution in [-0.2, 0) is 0 Å². The van der Waals surface area contributed by atoms with Crippen molar-refractivity contribution in [3.05, 3.63) is 132 Å². The first-order valence-corrected chi connectivity index (χ1v) is 11.1. The van der Waals surface area contributed by atoms with Crippen molar-refractivity contribution < 1.29 is 0 Å². The summed E-state index contributed by atoms with van der Waals surface area (Å²) < 4.78 is 0. The summed E-state index contributed by atoms with van der Waals surface area (Å²) in [4.78, 5) is 0. The van der Waals surface area contributed by atoms with Crippen molar-refractivity contribution in [2.75, 3.05) is 0 Å². The zero-order valence-corrected chi connectivity index (χ0v) is 18.5. The van der Waals surface area contributed by atoms with Crippen molar-refractivity contribution in [1.82, 2.24) is 0 Å². The molecule has 0 aliphatic rings. The highest BCUT2D eigenvalue weighted by molar-refractivity contribution is 5.82. The van der Waals surface area contributed by atoms with Crippen molar-refractivity contribution in [2.24, 2.45) is 0 Å². The molecule has 0 heteroatoms. The molecule has 0 fully saturated rings. The van der Waals surface area contributed by atoms with E-state index in [2.05, 4.69) is 135 Å². The predicted molar refractivity (Wildman–Crippen MR) is 138 cm³/mol. The van der Waals surface area contributed by atoms with Gasteiger partial charge in [0.1, 0.15) is 0 Å². The van der Waals surface area contributed by atoms with Crippen molar-refractivity contribution in [1.29, 1.82) is 0 Å². The third-order valence-electron chi connectivity index (χ3n) is 6.01. The maximum absolute atomic E-state index is 2.31. The Labute approximate surface area is 190 Å². The van der Waals surface area contributed by atoms with Gasteiger partial charge >= 0.3 is 0 Å². The molecule has 0 unspecified atom stereocenters. The average Bonchev–Trinajstić information content (AvgIpc) is 2.85. The summed E-state index contributed by atoms with van der Waals surface area (Å²) in [7, 11) is 0. The zero-order valence-electron chi connectivity index (χ0n) is 18.5. The van der Waals surface area contributed by atoms with Crippen LogP contribution in [0.25, 0.3) is 44.5 Å². The van der Waals surface area contributed by atoms with Gasteiger partial charge in [0.05, 0.1) is 0 Å². The molecule has 0 aliphatic carbocycles. The standard InChI is InChI=1S/C32H26/c1-23-11-15-26(16-12-23)30-20-31(27-17-13-24(2)14-18-27)22-32(21-30)29-10-6-9-28(19-29)25-7-4-3-5-8-25/h3-22H,1-2H3. The van der Waals surface area contributed by atoms with Gasteiger partial charge in [-0.05, 0) is 82.6 Å². The summed E-state index contributed by atoms with van der Waals surface area (Å²) in [6.07, 6.45) is 0. The lowest BCUT2D eigenvalue weighted by Gasteiger charge is -2.13. The van der Waals surface area contributed by atoms with Gasteiger partial charge in [-0.1, -0.05) is 108 Å². The smallest absolute Gasteiger partial charge is 0.0171 e.